The quantitative estimate of drug-likeness (QED) is 0.943. The smallest absolute Gasteiger partial charge is 0.149 e. The second-order valence-corrected chi connectivity index (χ2v) is 5.94. The Morgan fingerprint density at radius 3 is 2.71 bits per heavy atom. The summed E-state index contributed by atoms with van der Waals surface area (Å²) >= 11 is 5.22. The number of hydrogen-bond donors (Lipinski definition) is 1. The van der Waals surface area contributed by atoms with Gasteiger partial charge in [0.25, 0.3) is 0 Å². The molecule has 2 heterocycles. The van der Waals surface area contributed by atoms with Crippen LogP contribution in [0.3, 0.4) is 0 Å². The van der Waals surface area contributed by atoms with Gasteiger partial charge in [-0.05, 0) is 35.8 Å². The molecule has 0 aromatic carbocycles. The first-order chi connectivity index (χ1) is 8.08. The highest BCUT2D eigenvalue weighted by molar-refractivity contribution is 9.10. The van der Waals surface area contributed by atoms with E-state index < -0.39 is 0 Å². The van der Waals surface area contributed by atoms with Crippen molar-refractivity contribution in [3.05, 3.63) is 32.9 Å². The van der Waals surface area contributed by atoms with Gasteiger partial charge >= 0.3 is 0 Å². The predicted molar refractivity (Wildman–Crippen MR) is 73.0 cm³/mol. The maximum absolute atomic E-state index is 4.11. The lowest BCUT2D eigenvalue weighted by Gasteiger charge is -2.18. The van der Waals surface area contributed by atoms with E-state index >= 15 is 0 Å². The van der Waals surface area contributed by atoms with Crippen molar-refractivity contribution in [2.24, 2.45) is 7.05 Å². The molecule has 2 aromatic heterocycles. The summed E-state index contributed by atoms with van der Waals surface area (Å²) in [6.45, 7) is 4.26. The monoisotopic (exact) mass is 314 g/mol. The molecule has 0 fully saturated rings. The maximum Gasteiger partial charge on any atom is 0.149 e. The van der Waals surface area contributed by atoms with Crippen LogP contribution in [0.1, 0.15) is 36.6 Å². The standard InChI is InChI=1S/C11H15BrN4S/c1-7(10-4-9(12)5-17-10)14-8(2)11-15-13-6-16(11)3/h4-8,14H,1-3H3. The van der Waals surface area contributed by atoms with Crippen molar-refractivity contribution in [1.82, 2.24) is 20.1 Å². The topological polar surface area (TPSA) is 42.7 Å². The Bertz CT molecular complexity index is 493. The summed E-state index contributed by atoms with van der Waals surface area (Å²) in [6.07, 6.45) is 1.72. The van der Waals surface area contributed by atoms with Crippen molar-refractivity contribution >= 4 is 27.3 Å². The van der Waals surface area contributed by atoms with E-state index in [0.717, 1.165) is 10.3 Å². The lowest BCUT2D eigenvalue weighted by Crippen LogP contribution is -2.24. The third kappa shape index (κ3) is 2.94. The molecule has 0 bridgehead atoms. The number of thiophene rings is 1. The minimum Gasteiger partial charge on any atom is -0.319 e. The predicted octanol–water partition coefficient (Wildman–Crippen LogP) is 3.05. The van der Waals surface area contributed by atoms with Crippen LogP contribution in [0.15, 0.2) is 22.2 Å². The Hall–Kier alpha value is -0.720. The Labute approximate surface area is 113 Å². The molecule has 0 aliphatic heterocycles. The molecule has 92 valence electrons. The van der Waals surface area contributed by atoms with E-state index in [1.807, 2.05) is 11.6 Å². The first kappa shape index (κ1) is 12.7. The van der Waals surface area contributed by atoms with E-state index in [1.54, 1.807) is 17.7 Å². The highest BCUT2D eigenvalue weighted by Gasteiger charge is 2.15. The molecule has 1 N–H and O–H groups in total. The van der Waals surface area contributed by atoms with E-state index in [0.29, 0.717) is 6.04 Å². The number of hydrogen-bond acceptors (Lipinski definition) is 4. The lowest BCUT2D eigenvalue weighted by atomic mass is 10.2. The van der Waals surface area contributed by atoms with Gasteiger partial charge in [0.1, 0.15) is 12.2 Å². The molecule has 0 aliphatic carbocycles. The number of aryl methyl sites for hydroxylation is 1. The molecule has 6 heteroatoms. The summed E-state index contributed by atoms with van der Waals surface area (Å²) in [5.74, 6) is 0.951. The number of halogens is 1. The van der Waals surface area contributed by atoms with Gasteiger partial charge in [0.05, 0.1) is 6.04 Å². The summed E-state index contributed by atoms with van der Waals surface area (Å²) in [7, 11) is 1.96. The summed E-state index contributed by atoms with van der Waals surface area (Å²) in [6, 6.07) is 2.63. The average molecular weight is 315 g/mol. The van der Waals surface area contributed by atoms with Crippen LogP contribution >= 0.6 is 27.3 Å². The fourth-order valence-electron chi connectivity index (χ4n) is 1.77. The molecular weight excluding hydrogens is 300 g/mol. The lowest BCUT2D eigenvalue weighted by molar-refractivity contribution is 0.470. The van der Waals surface area contributed by atoms with Crippen LogP contribution in [0.5, 0.6) is 0 Å². The van der Waals surface area contributed by atoms with E-state index in [9.17, 15) is 0 Å². The molecule has 0 aliphatic rings. The van der Waals surface area contributed by atoms with Gasteiger partial charge in [0.15, 0.2) is 0 Å². The summed E-state index contributed by atoms with van der Waals surface area (Å²) in [5, 5.41) is 13.6. The van der Waals surface area contributed by atoms with E-state index in [4.69, 9.17) is 0 Å². The molecule has 2 unspecified atom stereocenters. The van der Waals surface area contributed by atoms with E-state index in [1.165, 1.54) is 4.88 Å². The zero-order chi connectivity index (χ0) is 12.4. The molecule has 2 rings (SSSR count). The van der Waals surface area contributed by atoms with Crippen LogP contribution in [-0.4, -0.2) is 14.8 Å². The van der Waals surface area contributed by atoms with Crippen LogP contribution in [0.25, 0.3) is 0 Å². The highest BCUT2D eigenvalue weighted by atomic mass is 79.9. The SMILES string of the molecule is CC(NC(C)c1nncn1C)c1cc(Br)cs1. The number of aromatic nitrogens is 3. The molecule has 4 nitrogen and oxygen atoms in total. The molecule has 17 heavy (non-hydrogen) atoms. The molecule has 2 aromatic rings. The maximum atomic E-state index is 4.11. The zero-order valence-electron chi connectivity index (χ0n) is 10.0. The minimum absolute atomic E-state index is 0.179. The summed E-state index contributed by atoms with van der Waals surface area (Å²) in [4.78, 5) is 1.31. The number of nitrogens with zero attached hydrogens (tertiary/aromatic N) is 3. The largest absolute Gasteiger partial charge is 0.319 e. The van der Waals surface area contributed by atoms with Gasteiger partial charge in [-0.2, -0.15) is 0 Å². The molecule has 0 amide bonds. The summed E-state index contributed by atoms with van der Waals surface area (Å²) < 4.78 is 3.08. The fraction of sp³-hybridized carbons (Fsp3) is 0.455. The molecule has 0 radical (unpaired) electrons. The first-order valence-electron chi connectivity index (χ1n) is 5.42. The van der Waals surface area contributed by atoms with E-state index in [2.05, 4.69) is 56.7 Å². The van der Waals surface area contributed by atoms with Gasteiger partial charge in [-0.15, -0.1) is 21.5 Å². The average Bonchev–Trinajstić information content (AvgIpc) is 2.86. The number of rotatable bonds is 4. The number of nitrogens with one attached hydrogen (secondary N) is 1. The molecule has 0 saturated heterocycles. The second kappa shape index (κ2) is 5.29. The van der Waals surface area contributed by atoms with E-state index in [-0.39, 0.29) is 6.04 Å². The van der Waals surface area contributed by atoms with Crippen molar-refractivity contribution in [3.8, 4) is 0 Å². The van der Waals surface area contributed by atoms with Crippen LogP contribution in [0.4, 0.5) is 0 Å². The van der Waals surface area contributed by atoms with Gasteiger partial charge in [0, 0.05) is 27.8 Å². The summed E-state index contributed by atoms with van der Waals surface area (Å²) in [5.41, 5.74) is 0. The van der Waals surface area contributed by atoms with Crippen LogP contribution in [0.2, 0.25) is 0 Å². The zero-order valence-corrected chi connectivity index (χ0v) is 12.4. The van der Waals surface area contributed by atoms with Crippen LogP contribution in [0, 0.1) is 0 Å². The molecule has 0 spiro atoms. The van der Waals surface area contributed by atoms with Gasteiger partial charge in [-0.1, -0.05) is 0 Å². The normalized spacial score (nSPS) is 14.8. The van der Waals surface area contributed by atoms with Crippen molar-refractivity contribution in [2.75, 3.05) is 0 Å². The Morgan fingerprint density at radius 1 is 1.41 bits per heavy atom. The van der Waals surface area contributed by atoms with Crippen molar-refractivity contribution in [1.29, 1.82) is 0 Å². The van der Waals surface area contributed by atoms with Crippen molar-refractivity contribution in [2.45, 2.75) is 25.9 Å². The van der Waals surface area contributed by atoms with Crippen molar-refractivity contribution < 1.29 is 0 Å². The molecular formula is C11H15BrN4S. The van der Waals surface area contributed by atoms with Crippen molar-refractivity contribution in [3.63, 3.8) is 0 Å². The minimum atomic E-state index is 0.179. The molecule has 2 atom stereocenters. The van der Waals surface area contributed by atoms with Gasteiger partial charge in [-0.3, -0.25) is 0 Å². The fourth-order valence-corrected chi connectivity index (χ4v) is 3.23. The Kier molecular flexibility index (Phi) is 3.96. The van der Waals surface area contributed by atoms with Gasteiger partial charge < -0.3 is 9.88 Å². The third-order valence-electron chi connectivity index (χ3n) is 2.65. The Morgan fingerprint density at radius 2 is 2.18 bits per heavy atom. The van der Waals surface area contributed by atoms with Gasteiger partial charge in [0.2, 0.25) is 0 Å². The first-order valence-corrected chi connectivity index (χ1v) is 7.09. The molecule has 0 saturated carbocycles. The second-order valence-electron chi connectivity index (χ2n) is 4.08. The Balaban J connectivity index is 2.04. The third-order valence-corrected chi connectivity index (χ3v) is 4.52. The highest BCUT2D eigenvalue weighted by Crippen LogP contribution is 2.26. The van der Waals surface area contributed by atoms with Gasteiger partial charge in [-0.25, -0.2) is 0 Å². The van der Waals surface area contributed by atoms with Crippen LogP contribution < -0.4 is 5.32 Å². The van der Waals surface area contributed by atoms with Crippen LogP contribution in [-0.2, 0) is 7.05 Å².